The zero-order chi connectivity index (χ0) is 14.5. The van der Waals surface area contributed by atoms with Gasteiger partial charge in [-0.1, -0.05) is 0 Å². The molecule has 5 heteroatoms. The molecule has 2 heterocycles. The molecule has 0 fully saturated rings. The molecule has 1 unspecified atom stereocenters. The minimum absolute atomic E-state index is 0.0378. The molecule has 20 heavy (non-hydrogen) atoms. The molecule has 108 valence electrons. The topological polar surface area (TPSA) is 51.3 Å². The third-order valence-corrected chi connectivity index (χ3v) is 3.55. The van der Waals surface area contributed by atoms with Gasteiger partial charge in [-0.05, 0) is 38.5 Å². The van der Waals surface area contributed by atoms with Crippen LogP contribution in [0.5, 0.6) is 0 Å². The first-order valence-electron chi connectivity index (χ1n) is 6.94. The second-order valence-electron chi connectivity index (χ2n) is 4.94. The molecule has 0 aromatic carbocycles. The minimum Gasteiger partial charge on any atom is -0.469 e. The van der Waals surface area contributed by atoms with Crippen LogP contribution in [0.2, 0.25) is 0 Å². The largest absolute Gasteiger partial charge is 0.469 e. The smallest absolute Gasteiger partial charge is 0.274 e. The van der Waals surface area contributed by atoms with Crippen LogP contribution in [-0.2, 0) is 13.0 Å². The molecule has 1 amide bonds. The van der Waals surface area contributed by atoms with E-state index in [4.69, 9.17) is 4.42 Å². The molecule has 0 spiro atoms. The zero-order valence-electron chi connectivity index (χ0n) is 12.2. The first-order chi connectivity index (χ1) is 9.61. The molecule has 2 aromatic rings. The fraction of sp³-hybridized carbons (Fsp3) is 0.467. The minimum atomic E-state index is -0.0378. The molecule has 2 rings (SSSR count). The molecule has 2 aromatic heterocycles. The fourth-order valence-electron chi connectivity index (χ4n) is 2.03. The summed E-state index contributed by atoms with van der Waals surface area (Å²) in [5.74, 6) is 0.914. The first kappa shape index (κ1) is 14.4. The van der Waals surface area contributed by atoms with Crippen molar-refractivity contribution in [3.05, 3.63) is 42.1 Å². The van der Waals surface area contributed by atoms with Gasteiger partial charge in [0, 0.05) is 32.3 Å². The van der Waals surface area contributed by atoms with Crippen LogP contribution >= 0.6 is 0 Å². The third kappa shape index (κ3) is 3.29. The Bertz CT molecular complexity index is 545. The van der Waals surface area contributed by atoms with Gasteiger partial charge in [-0.2, -0.15) is 5.10 Å². The Morgan fingerprint density at radius 2 is 2.30 bits per heavy atom. The van der Waals surface area contributed by atoms with Crippen LogP contribution in [0.3, 0.4) is 0 Å². The van der Waals surface area contributed by atoms with Crippen LogP contribution in [-0.4, -0.2) is 33.7 Å². The molecule has 0 bridgehead atoms. The lowest BCUT2D eigenvalue weighted by Crippen LogP contribution is -2.35. The molecule has 1 atom stereocenters. The second kappa shape index (κ2) is 6.41. The normalized spacial score (nSPS) is 12.3. The predicted molar refractivity (Wildman–Crippen MR) is 76.5 cm³/mol. The van der Waals surface area contributed by atoms with Gasteiger partial charge in [0.15, 0.2) is 0 Å². The predicted octanol–water partition coefficient (Wildman–Crippen LogP) is 2.59. The van der Waals surface area contributed by atoms with Crippen molar-refractivity contribution in [2.45, 2.75) is 39.3 Å². The van der Waals surface area contributed by atoms with Crippen molar-refractivity contribution in [3.63, 3.8) is 0 Å². The van der Waals surface area contributed by atoms with Gasteiger partial charge in [0.2, 0.25) is 0 Å². The van der Waals surface area contributed by atoms with Gasteiger partial charge < -0.3 is 9.32 Å². The van der Waals surface area contributed by atoms with Crippen LogP contribution in [0, 0.1) is 0 Å². The molecule has 0 aliphatic carbocycles. The Morgan fingerprint density at radius 1 is 1.50 bits per heavy atom. The maximum absolute atomic E-state index is 12.3. The second-order valence-corrected chi connectivity index (χ2v) is 4.94. The lowest BCUT2D eigenvalue weighted by molar-refractivity contribution is 0.0729. The van der Waals surface area contributed by atoms with Crippen molar-refractivity contribution in [1.29, 1.82) is 0 Å². The lowest BCUT2D eigenvalue weighted by atomic mass is 10.1. The molecule has 0 radical (unpaired) electrons. The Kier molecular flexibility index (Phi) is 4.61. The number of carbonyl (C=O) groups excluding carboxylic acids is 1. The van der Waals surface area contributed by atoms with E-state index in [1.165, 1.54) is 0 Å². The summed E-state index contributed by atoms with van der Waals surface area (Å²) in [7, 11) is 1.82. The van der Waals surface area contributed by atoms with Gasteiger partial charge in [-0.3, -0.25) is 9.48 Å². The molecular formula is C15H21N3O2. The van der Waals surface area contributed by atoms with Gasteiger partial charge in [0.05, 0.1) is 6.26 Å². The first-order valence-corrected chi connectivity index (χ1v) is 6.94. The standard InChI is InChI=1S/C15H21N3O2/c1-4-18-10-9-14(16-18)15(19)17(3)12(2)7-8-13-6-5-11-20-13/h5-6,9-12H,4,7-8H2,1-3H3. The van der Waals surface area contributed by atoms with Crippen LogP contribution < -0.4 is 0 Å². The maximum atomic E-state index is 12.3. The SMILES string of the molecule is CCn1ccc(C(=O)N(C)C(C)CCc2ccco2)n1. The molecule has 0 aliphatic heterocycles. The summed E-state index contributed by atoms with van der Waals surface area (Å²) in [5, 5.41) is 4.25. The molecule has 0 saturated carbocycles. The van der Waals surface area contributed by atoms with Gasteiger partial charge >= 0.3 is 0 Å². The highest BCUT2D eigenvalue weighted by Crippen LogP contribution is 2.11. The van der Waals surface area contributed by atoms with Crippen LogP contribution in [0.25, 0.3) is 0 Å². The van der Waals surface area contributed by atoms with E-state index in [0.717, 1.165) is 25.1 Å². The summed E-state index contributed by atoms with van der Waals surface area (Å²) in [4.78, 5) is 14.0. The van der Waals surface area contributed by atoms with E-state index in [9.17, 15) is 4.79 Å². The van der Waals surface area contributed by atoms with Gasteiger partial charge in [0.1, 0.15) is 11.5 Å². The van der Waals surface area contributed by atoms with Gasteiger partial charge in [-0.25, -0.2) is 0 Å². The van der Waals surface area contributed by atoms with Crippen molar-refractivity contribution in [2.75, 3.05) is 7.05 Å². The van der Waals surface area contributed by atoms with E-state index in [-0.39, 0.29) is 11.9 Å². The highest BCUT2D eigenvalue weighted by molar-refractivity contribution is 5.92. The summed E-state index contributed by atoms with van der Waals surface area (Å²) in [5.41, 5.74) is 0.499. The summed E-state index contributed by atoms with van der Waals surface area (Å²) < 4.78 is 7.07. The molecular weight excluding hydrogens is 254 g/mol. The van der Waals surface area contributed by atoms with Crippen molar-refractivity contribution in [2.24, 2.45) is 0 Å². The van der Waals surface area contributed by atoms with Crippen LogP contribution in [0.1, 0.15) is 36.5 Å². The zero-order valence-corrected chi connectivity index (χ0v) is 12.2. The fourth-order valence-corrected chi connectivity index (χ4v) is 2.03. The number of carbonyl (C=O) groups is 1. The monoisotopic (exact) mass is 275 g/mol. The number of hydrogen-bond acceptors (Lipinski definition) is 3. The van der Waals surface area contributed by atoms with Gasteiger partial charge in [-0.15, -0.1) is 0 Å². The lowest BCUT2D eigenvalue weighted by Gasteiger charge is -2.23. The Morgan fingerprint density at radius 3 is 2.90 bits per heavy atom. The van der Waals surface area contributed by atoms with E-state index in [2.05, 4.69) is 5.10 Å². The average Bonchev–Trinajstić information content (AvgIpc) is 3.13. The van der Waals surface area contributed by atoms with E-state index < -0.39 is 0 Å². The van der Waals surface area contributed by atoms with Gasteiger partial charge in [0.25, 0.3) is 5.91 Å². The van der Waals surface area contributed by atoms with Crippen molar-refractivity contribution in [1.82, 2.24) is 14.7 Å². The molecule has 5 nitrogen and oxygen atoms in total. The molecule has 0 saturated heterocycles. The molecule has 0 N–H and O–H groups in total. The van der Waals surface area contributed by atoms with Crippen LogP contribution in [0.15, 0.2) is 35.1 Å². The van der Waals surface area contributed by atoms with E-state index >= 15 is 0 Å². The average molecular weight is 275 g/mol. The number of rotatable bonds is 6. The van der Waals surface area contributed by atoms with Crippen molar-refractivity contribution >= 4 is 5.91 Å². The summed E-state index contributed by atoms with van der Waals surface area (Å²) in [6.07, 6.45) is 5.19. The van der Waals surface area contributed by atoms with Crippen LogP contribution in [0.4, 0.5) is 0 Å². The van der Waals surface area contributed by atoms with Crippen molar-refractivity contribution in [3.8, 4) is 0 Å². The highest BCUT2D eigenvalue weighted by atomic mass is 16.3. The number of aryl methyl sites for hydroxylation is 2. The van der Waals surface area contributed by atoms with E-state index in [1.54, 1.807) is 21.9 Å². The Hall–Kier alpha value is -2.04. The Balaban J connectivity index is 1.91. The molecule has 0 aliphatic rings. The van der Waals surface area contributed by atoms with E-state index in [0.29, 0.717) is 5.69 Å². The van der Waals surface area contributed by atoms with Crippen molar-refractivity contribution < 1.29 is 9.21 Å². The van der Waals surface area contributed by atoms with E-state index in [1.807, 2.05) is 39.2 Å². The number of amides is 1. The third-order valence-electron chi connectivity index (χ3n) is 3.55. The Labute approximate surface area is 119 Å². The number of aromatic nitrogens is 2. The summed E-state index contributed by atoms with van der Waals surface area (Å²) >= 11 is 0. The number of nitrogens with zero attached hydrogens (tertiary/aromatic N) is 3. The number of hydrogen-bond donors (Lipinski definition) is 0. The quantitative estimate of drug-likeness (QED) is 0.814. The number of furan rings is 1. The summed E-state index contributed by atoms with van der Waals surface area (Å²) in [6, 6.07) is 5.74. The maximum Gasteiger partial charge on any atom is 0.274 e. The summed E-state index contributed by atoms with van der Waals surface area (Å²) in [6.45, 7) is 4.81. The highest BCUT2D eigenvalue weighted by Gasteiger charge is 2.19.